The first-order valence-electron chi connectivity index (χ1n) is 6.54. The predicted octanol–water partition coefficient (Wildman–Crippen LogP) is 1.68. The van der Waals surface area contributed by atoms with Crippen molar-refractivity contribution in [3.05, 3.63) is 41.2 Å². The van der Waals surface area contributed by atoms with E-state index in [-0.39, 0.29) is 5.91 Å². The lowest BCUT2D eigenvalue weighted by Gasteiger charge is -2.10. The molecule has 0 saturated carbocycles. The number of ether oxygens (including phenoxy) is 2. The second kappa shape index (κ2) is 6.30. The summed E-state index contributed by atoms with van der Waals surface area (Å²) in [6.45, 7) is 2.40. The minimum atomic E-state index is -0.167. The van der Waals surface area contributed by atoms with Crippen molar-refractivity contribution in [1.82, 2.24) is 15.1 Å². The molecule has 0 spiro atoms. The van der Waals surface area contributed by atoms with Crippen LogP contribution in [0, 0.1) is 6.92 Å². The van der Waals surface area contributed by atoms with Gasteiger partial charge in [0.1, 0.15) is 0 Å². The average Bonchev–Trinajstić information content (AvgIpc) is 2.83. The molecular formula is C15H19N3O3. The van der Waals surface area contributed by atoms with Gasteiger partial charge in [-0.2, -0.15) is 5.10 Å². The van der Waals surface area contributed by atoms with Crippen LogP contribution in [0.4, 0.5) is 0 Å². The van der Waals surface area contributed by atoms with Crippen LogP contribution in [-0.4, -0.2) is 29.9 Å². The topological polar surface area (TPSA) is 65.4 Å². The van der Waals surface area contributed by atoms with Gasteiger partial charge in [-0.1, -0.05) is 0 Å². The summed E-state index contributed by atoms with van der Waals surface area (Å²) < 4.78 is 12.1. The first-order chi connectivity index (χ1) is 10.1. The van der Waals surface area contributed by atoms with Gasteiger partial charge in [0.2, 0.25) is 0 Å². The van der Waals surface area contributed by atoms with Crippen LogP contribution in [0.5, 0.6) is 11.5 Å². The number of nitrogens with one attached hydrogen (secondary N) is 1. The standard InChI is InChI=1S/C15H19N3O3/c1-10-12(9-17-18(10)2)8-16-15(19)11-5-6-13(20-3)14(7-11)21-4/h5-7,9H,8H2,1-4H3,(H,16,19). The molecule has 1 amide bonds. The summed E-state index contributed by atoms with van der Waals surface area (Å²) in [6.07, 6.45) is 1.75. The molecule has 0 unspecified atom stereocenters. The van der Waals surface area contributed by atoms with E-state index in [0.29, 0.717) is 23.6 Å². The maximum absolute atomic E-state index is 12.2. The number of aryl methyl sites for hydroxylation is 1. The van der Waals surface area contributed by atoms with E-state index in [2.05, 4.69) is 10.4 Å². The number of aromatic nitrogens is 2. The molecule has 6 nitrogen and oxygen atoms in total. The van der Waals surface area contributed by atoms with Crippen LogP contribution in [0.15, 0.2) is 24.4 Å². The van der Waals surface area contributed by atoms with Crippen LogP contribution in [0.25, 0.3) is 0 Å². The van der Waals surface area contributed by atoms with Gasteiger partial charge in [-0.05, 0) is 25.1 Å². The third kappa shape index (κ3) is 3.16. The molecule has 112 valence electrons. The zero-order chi connectivity index (χ0) is 15.4. The second-order valence-corrected chi connectivity index (χ2v) is 4.63. The SMILES string of the molecule is COc1ccc(C(=O)NCc2cnn(C)c2C)cc1OC. The van der Waals surface area contributed by atoms with Gasteiger partial charge in [-0.3, -0.25) is 9.48 Å². The predicted molar refractivity (Wildman–Crippen MR) is 78.7 cm³/mol. The Balaban J connectivity index is 2.08. The lowest BCUT2D eigenvalue weighted by atomic mass is 10.1. The molecule has 0 aliphatic rings. The van der Waals surface area contributed by atoms with Gasteiger partial charge in [-0.15, -0.1) is 0 Å². The molecule has 0 bridgehead atoms. The summed E-state index contributed by atoms with van der Waals surface area (Å²) in [5.41, 5.74) is 2.54. The Morgan fingerprint density at radius 3 is 2.57 bits per heavy atom. The van der Waals surface area contributed by atoms with Gasteiger partial charge in [0.25, 0.3) is 5.91 Å². The average molecular weight is 289 g/mol. The summed E-state index contributed by atoms with van der Waals surface area (Å²) in [5, 5.41) is 7.02. The second-order valence-electron chi connectivity index (χ2n) is 4.63. The first-order valence-corrected chi connectivity index (χ1v) is 6.54. The Morgan fingerprint density at radius 2 is 2.00 bits per heavy atom. The highest BCUT2D eigenvalue weighted by atomic mass is 16.5. The molecule has 6 heteroatoms. The quantitative estimate of drug-likeness (QED) is 0.909. The lowest BCUT2D eigenvalue weighted by molar-refractivity contribution is 0.0950. The van der Waals surface area contributed by atoms with Crippen molar-refractivity contribution in [2.24, 2.45) is 7.05 Å². The summed E-state index contributed by atoms with van der Waals surface area (Å²) in [6, 6.07) is 5.07. The molecule has 0 aliphatic carbocycles. The van der Waals surface area contributed by atoms with Gasteiger partial charge in [0, 0.05) is 30.4 Å². The Morgan fingerprint density at radius 1 is 1.29 bits per heavy atom. The van der Waals surface area contributed by atoms with Gasteiger partial charge in [0.05, 0.1) is 20.4 Å². The highest BCUT2D eigenvalue weighted by molar-refractivity contribution is 5.94. The van der Waals surface area contributed by atoms with Crippen LogP contribution in [0.3, 0.4) is 0 Å². The lowest BCUT2D eigenvalue weighted by Crippen LogP contribution is -2.23. The fourth-order valence-electron chi connectivity index (χ4n) is 1.97. The van der Waals surface area contributed by atoms with E-state index in [1.54, 1.807) is 43.3 Å². The molecule has 1 aromatic heterocycles. The molecule has 0 saturated heterocycles. The molecule has 1 heterocycles. The Labute approximate surface area is 123 Å². The smallest absolute Gasteiger partial charge is 0.251 e. The highest BCUT2D eigenvalue weighted by Gasteiger charge is 2.11. The van der Waals surface area contributed by atoms with E-state index < -0.39 is 0 Å². The van der Waals surface area contributed by atoms with Gasteiger partial charge in [-0.25, -0.2) is 0 Å². The zero-order valence-corrected chi connectivity index (χ0v) is 12.6. The molecule has 0 fully saturated rings. The van der Waals surface area contributed by atoms with Crippen LogP contribution in [-0.2, 0) is 13.6 Å². The summed E-state index contributed by atoms with van der Waals surface area (Å²) in [5.74, 6) is 0.957. The van der Waals surface area contributed by atoms with E-state index in [0.717, 1.165) is 11.3 Å². The van der Waals surface area contributed by atoms with Crippen molar-refractivity contribution in [2.75, 3.05) is 14.2 Å². The number of carbonyl (C=O) groups excluding carboxylic acids is 1. The summed E-state index contributed by atoms with van der Waals surface area (Å²) >= 11 is 0. The Kier molecular flexibility index (Phi) is 4.47. The Bertz CT molecular complexity index is 650. The third-order valence-corrected chi connectivity index (χ3v) is 3.42. The normalized spacial score (nSPS) is 10.3. The number of carbonyl (C=O) groups is 1. The molecule has 0 atom stereocenters. The number of methoxy groups -OCH3 is 2. The molecule has 2 aromatic rings. The number of amides is 1. The summed E-state index contributed by atoms with van der Waals surface area (Å²) in [7, 11) is 4.97. The minimum Gasteiger partial charge on any atom is -0.493 e. The van der Waals surface area contributed by atoms with Crippen LogP contribution in [0.2, 0.25) is 0 Å². The zero-order valence-electron chi connectivity index (χ0n) is 12.6. The third-order valence-electron chi connectivity index (χ3n) is 3.42. The van der Waals surface area contributed by atoms with Gasteiger partial charge < -0.3 is 14.8 Å². The molecule has 1 aromatic carbocycles. The first kappa shape index (κ1) is 14.9. The van der Waals surface area contributed by atoms with E-state index in [9.17, 15) is 4.79 Å². The van der Waals surface area contributed by atoms with Crippen LogP contribution in [0.1, 0.15) is 21.6 Å². The van der Waals surface area contributed by atoms with Crippen molar-refractivity contribution in [1.29, 1.82) is 0 Å². The monoisotopic (exact) mass is 289 g/mol. The fourth-order valence-corrected chi connectivity index (χ4v) is 1.97. The maximum Gasteiger partial charge on any atom is 0.251 e. The molecular weight excluding hydrogens is 270 g/mol. The number of rotatable bonds is 5. The molecule has 1 N–H and O–H groups in total. The molecule has 0 radical (unpaired) electrons. The van der Waals surface area contributed by atoms with Gasteiger partial charge in [0.15, 0.2) is 11.5 Å². The van der Waals surface area contributed by atoms with E-state index in [4.69, 9.17) is 9.47 Å². The van der Waals surface area contributed by atoms with Crippen molar-refractivity contribution in [3.63, 3.8) is 0 Å². The van der Waals surface area contributed by atoms with Crippen molar-refractivity contribution < 1.29 is 14.3 Å². The van der Waals surface area contributed by atoms with Gasteiger partial charge >= 0.3 is 0 Å². The van der Waals surface area contributed by atoms with Crippen molar-refractivity contribution in [2.45, 2.75) is 13.5 Å². The molecule has 0 aliphatic heterocycles. The fraction of sp³-hybridized carbons (Fsp3) is 0.333. The number of hydrogen-bond donors (Lipinski definition) is 1. The number of hydrogen-bond acceptors (Lipinski definition) is 4. The largest absolute Gasteiger partial charge is 0.493 e. The van der Waals surface area contributed by atoms with Crippen LogP contribution >= 0.6 is 0 Å². The number of nitrogens with zero attached hydrogens (tertiary/aromatic N) is 2. The molecule has 21 heavy (non-hydrogen) atoms. The van der Waals surface area contributed by atoms with Crippen molar-refractivity contribution in [3.8, 4) is 11.5 Å². The highest BCUT2D eigenvalue weighted by Crippen LogP contribution is 2.27. The minimum absolute atomic E-state index is 0.167. The van der Waals surface area contributed by atoms with E-state index in [1.165, 1.54) is 0 Å². The van der Waals surface area contributed by atoms with Crippen molar-refractivity contribution >= 4 is 5.91 Å². The molecule has 2 rings (SSSR count). The number of benzene rings is 1. The van der Waals surface area contributed by atoms with Crippen LogP contribution < -0.4 is 14.8 Å². The maximum atomic E-state index is 12.2. The Hall–Kier alpha value is -2.50. The summed E-state index contributed by atoms with van der Waals surface area (Å²) in [4.78, 5) is 12.2. The van der Waals surface area contributed by atoms with E-state index in [1.807, 2.05) is 14.0 Å². The van der Waals surface area contributed by atoms with E-state index >= 15 is 0 Å².